The number of anilines is 1. The van der Waals surface area contributed by atoms with E-state index in [1.165, 1.54) is 6.33 Å². The van der Waals surface area contributed by atoms with Crippen LogP contribution in [0.25, 0.3) is 0 Å². The highest BCUT2D eigenvalue weighted by Gasteiger charge is 2.32. The predicted octanol–water partition coefficient (Wildman–Crippen LogP) is 1.07. The summed E-state index contributed by atoms with van der Waals surface area (Å²) in [6.07, 6.45) is 5.37. The number of rotatable bonds is 5. The Labute approximate surface area is 128 Å². The molecule has 0 saturated carbocycles. The van der Waals surface area contributed by atoms with Gasteiger partial charge in [0.1, 0.15) is 12.7 Å². The highest BCUT2D eigenvalue weighted by atomic mass is 16.5. The Balaban J connectivity index is 1.62. The van der Waals surface area contributed by atoms with Gasteiger partial charge in [0.15, 0.2) is 0 Å². The zero-order valence-corrected chi connectivity index (χ0v) is 12.8. The van der Waals surface area contributed by atoms with Crippen LogP contribution in [0.3, 0.4) is 0 Å². The monoisotopic (exact) mass is 304 g/mol. The van der Waals surface area contributed by atoms with Crippen LogP contribution in [-0.4, -0.2) is 49.4 Å². The molecule has 1 saturated heterocycles. The maximum absolute atomic E-state index is 12.4. The summed E-state index contributed by atoms with van der Waals surface area (Å²) < 4.78 is 6.85. The van der Waals surface area contributed by atoms with Gasteiger partial charge in [-0.1, -0.05) is 5.16 Å². The number of carbonyl (C=O) groups excluding carboxylic acids is 1. The van der Waals surface area contributed by atoms with E-state index in [1.807, 2.05) is 18.5 Å². The number of hydrogen-bond donors (Lipinski definition) is 1. The Morgan fingerprint density at radius 3 is 3.14 bits per heavy atom. The molecule has 2 aromatic heterocycles. The topological polar surface area (TPSA) is 89.1 Å². The molecule has 3 heterocycles. The summed E-state index contributed by atoms with van der Waals surface area (Å²) in [5.74, 6) is 0.308. The lowest BCUT2D eigenvalue weighted by Crippen LogP contribution is -2.46. The van der Waals surface area contributed by atoms with E-state index in [2.05, 4.69) is 25.5 Å². The molecular formula is C14H20N6O2. The Kier molecular flexibility index (Phi) is 4.19. The van der Waals surface area contributed by atoms with Gasteiger partial charge in [-0.3, -0.25) is 19.7 Å². The van der Waals surface area contributed by atoms with E-state index in [9.17, 15) is 4.79 Å². The number of aromatic nitrogens is 4. The number of hydrogen-bond acceptors (Lipinski definition) is 6. The van der Waals surface area contributed by atoms with Crippen LogP contribution in [0, 0.1) is 6.92 Å². The van der Waals surface area contributed by atoms with Crippen molar-refractivity contribution in [3.63, 3.8) is 0 Å². The molecule has 1 aliphatic rings. The standard InChI is InChI=1S/C14H20N6O2/c1-10-6-13(22-18-10)17-14(21)11(2)20-5-3-4-12(20)7-19-9-15-8-16-19/h6,8-9,11-12H,3-5,7H2,1-2H3,(H,17,21)/t11-,12-/m1/s1. The van der Waals surface area contributed by atoms with Crippen molar-refractivity contribution in [1.82, 2.24) is 24.8 Å². The first-order valence-electron chi connectivity index (χ1n) is 7.46. The summed E-state index contributed by atoms with van der Waals surface area (Å²) in [6.45, 7) is 5.39. The largest absolute Gasteiger partial charge is 0.338 e. The van der Waals surface area contributed by atoms with E-state index in [1.54, 1.807) is 12.4 Å². The Hall–Kier alpha value is -2.22. The number of likely N-dealkylation sites (tertiary alicyclic amines) is 1. The van der Waals surface area contributed by atoms with Gasteiger partial charge in [-0.15, -0.1) is 0 Å². The molecule has 8 heteroatoms. The van der Waals surface area contributed by atoms with Crippen LogP contribution < -0.4 is 5.32 Å². The number of carbonyl (C=O) groups is 1. The first-order chi connectivity index (χ1) is 10.6. The molecule has 3 rings (SSSR count). The van der Waals surface area contributed by atoms with Crippen molar-refractivity contribution in [3.05, 3.63) is 24.4 Å². The second kappa shape index (κ2) is 6.27. The Bertz CT molecular complexity index is 623. The molecule has 1 fully saturated rings. The molecule has 0 aliphatic carbocycles. The number of amides is 1. The van der Waals surface area contributed by atoms with Gasteiger partial charge in [-0.25, -0.2) is 4.98 Å². The smallest absolute Gasteiger partial charge is 0.243 e. The van der Waals surface area contributed by atoms with Gasteiger partial charge in [0.2, 0.25) is 11.8 Å². The van der Waals surface area contributed by atoms with Crippen molar-refractivity contribution in [3.8, 4) is 0 Å². The molecule has 1 N–H and O–H groups in total. The quantitative estimate of drug-likeness (QED) is 0.888. The van der Waals surface area contributed by atoms with Crippen molar-refractivity contribution in [2.24, 2.45) is 0 Å². The van der Waals surface area contributed by atoms with Gasteiger partial charge >= 0.3 is 0 Å². The van der Waals surface area contributed by atoms with E-state index >= 15 is 0 Å². The number of nitrogens with zero attached hydrogens (tertiary/aromatic N) is 5. The van der Waals surface area contributed by atoms with E-state index in [4.69, 9.17) is 4.52 Å². The number of aryl methyl sites for hydroxylation is 1. The average Bonchev–Trinajstić information content (AvgIpc) is 3.21. The van der Waals surface area contributed by atoms with Crippen molar-refractivity contribution in [2.75, 3.05) is 11.9 Å². The lowest BCUT2D eigenvalue weighted by molar-refractivity contribution is -0.121. The molecule has 1 amide bonds. The fourth-order valence-electron chi connectivity index (χ4n) is 2.91. The molecular weight excluding hydrogens is 284 g/mol. The highest BCUT2D eigenvalue weighted by molar-refractivity contribution is 5.93. The van der Waals surface area contributed by atoms with Gasteiger partial charge in [-0.05, 0) is 33.2 Å². The van der Waals surface area contributed by atoms with E-state index < -0.39 is 0 Å². The van der Waals surface area contributed by atoms with E-state index in [0.717, 1.165) is 31.6 Å². The van der Waals surface area contributed by atoms with Crippen LogP contribution in [-0.2, 0) is 11.3 Å². The maximum atomic E-state index is 12.4. The average molecular weight is 304 g/mol. The van der Waals surface area contributed by atoms with Gasteiger partial charge in [0.05, 0.1) is 18.3 Å². The molecule has 2 atom stereocenters. The molecule has 118 valence electrons. The zero-order valence-electron chi connectivity index (χ0n) is 12.8. The first-order valence-corrected chi connectivity index (χ1v) is 7.46. The SMILES string of the molecule is Cc1cc(NC(=O)[C@@H](C)N2CCC[C@@H]2Cn2cncn2)on1. The van der Waals surface area contributed by atoms with Crippen molar-refractivity contribution >= 4 is 11.8 Å². The minimum atomic E-state index is -0.235. The second-order valence-corrected chi connectivity index (χ2v) is 5.65. The van der Waals surface area contributed by atoms with E-state index in [-0.39, 0.29) is 11.9 Å². The van der Waals surface area contributed by atoms with Gasteiger partial charge in [0, 0.05) is 12.1 Å². The molecule has 0 spiro atoms. The van der Waals surface area contributed by atoms with Crippen LogP contribution >= 0.6 is 0 Å². The molecule has 0 aromatic carbocycles. The molecule has 0 bridgehead atoms. The van der Waals surface area contributed by atoms with Gasteiger partial charge in [0.25, 0.3) is 0 Å². The highest BCUT2D eigenvalue weighted by Crippen LogP contribution is 2.22. The first kappa shape index (κ1) is 14.7. The summed E-state index contributed by atoms with van der Waals surface area (Å²) in [5, 5.41) is 10.7. The fraction of sp³-hybridized carbons (Fsp3) is 0.571. The maximum Gasteiger partial charge on any atom is 0.243 e. The molecule has 0 unspecified atom stereocenters. The lowest BCUT2D eigenvalue weighted by Gasteiger charge is -2.29. The Morgan fingerprint density at radius 2 is 2.45 bits per heavy atom. The molecule has 1 aliphatic heterocycles. The third-order valence-corrected chi connectivity index (χ3v) is 4.04. The minimum Gasteiger partial charge on any atom is -0.338 e. The Morgan fingerprint density at radius 1 is 1.59 bits per heavy atom. The fourth-order valence-corrected chi connectivity index (χ4v) is 2.91. The van der Waals surface area contributed by atoms with Gasteiger partial charge < -0.3 is 4.52 Å². The molecule has 0 radical (unpaired) electrons. The predicted molar refractivity (Wildman–Crippen MR) is 79.1 cm³/mol. The third kappa shape index (κ3) is 3.16. The van der Waals surface area contributed by atoms with Crippen LogP contribution in [0.1, 0.15) is 25.5 Å². The van der Waals surface area contributed by atoms with Crippen molar-refractivity contribution in [2.45, 2.75) is 45.3 Å². The van der Waals surface area contributed by atoms with Gasteiger partial charge in [-0.2, -0.15) is 5.10 Å². The summed E-state index contributed by atoms with van der Waals surface area (Å²) in [7, 11) is 0. The molecule has 2 aromatic rings. The van der Waals surface area contributed by atoms with Crippen LogP contribution in [0.2, 0.25) is 0 Å². The summed E-state index contributed by atoms with van der Waals surface area (Å²) in [5.41, 5.74) is 0.744. The summed E-state index contributed by atoms with van der Waals surface area (Å²) >= 11 is 0. The number of nitrogens with one attached hydrogen (secondary N) is 1. The normalized spacial score (nSPS) is 20.2. The molecule has 22 heavy (non-hydrogen) atoms. The summed E-state index contributed by atoms with van der Waals surface area (Å²) in [6, 6.07) is 1.77. The molecule has 8 nitrogen and oxygen atoms in total. The summed E-state index contributed by atoms with van der Waals surface area (Å²) in [4.78, 5) is 18.6. The van der Waals surface area contributed by atoms with E-state index in [0.29, 0.717) is 11.9 Å². The van der Waals surface area contributed by atoms with Crippen molar-refractivity contribution < 1.29 is 9.32 Å². The van der Waals surface area contributed by atoms with Crippen molar-refractivity contribution in [1.29, 1.82) is 0 Å². The third-order valence-electron chi connectivity index (χ3n) is 4.04. The zero-order chi connectivity index (χ0) is 15.5. The van der Waals surface area contributed by atoms with Crippen LogP contribution in [0.5, 0.6) is 0 Å². The lowest BCUT2D eigenvalue weighted by atomic mass is 10.2. The minimum absolute atomic E-state index is 0.0818. The van der Waals surface area contributed by atoms with Crippen LogP contribution in [0.4, 0.5) is 5.88 Å². The second-order valence-electron chi connectivity index (χ2n) is 5.65. The van der Waals surface area contributed by atoms with Crippen LogP contribution in [0.15, 0.2) is 23.2 Å².